The summed E-state index contributed by atoms with van der Waals surface area (Å²) >= 11 is 0. The summed E-state index contributed by atoms with van der Waals surface area (Å²) in [6.45, 7) is 21.7. The number of rotatable bonds is 17. The summed E-state index contributed by atoms with van der Waals surface area (Å²) in [5, 5.41) is 0.225. The van der Waals surface area contributed by atoms with Gasteiger partial charge in [-0.3, -0.25) is 0 Å². The third kappa shape index (κ3) is 13.4. The average Bonchev–Trinajstić information content (AvgIpc) is 3.04. The Balaban J connectivity index is 2.36. The first kappa shape index (κ1) is 30.8. The van der Waals surface area contributed by atoms with Crippen LogP contribution < -0.4 is 0 Å². The Kier molecular flexibility index (Phi) is 14.0. The van der Waals surface area contributed by atoms with Crippen molar-refractivity contribution in [1.29, 1.82) is 0 Å². The molecule has 196 valence electrons. The van der Waals surface area contributed by atoms with E-state index in [2.05, 4.69) is 46.0 Å². The summed E-state index contributed by atoms with van der Waals surface area (Å²) in [7, 11) is -1.79. The minimum absolute atomic E-state index is 0.0500. The molecule has 1 saturated heterocycles. The molecule has 1 aliphatic heterocycles. The highest BCUT2D eigenvalue weighted by atomic mass is 28.4. The van der Waals surface area contributed by atoms with Crippen LogP contribution in [0.1, 0.15) is 99.8 Å². The van der Waals surface area contributed by atoms with E-state index < -0.39 is 14.1 Å². The molecule has 0 N–H and O–H groups in total. The highest BCUT2D eigenvalue weighted by Crippen LogP contribution is 2.38. The highest BCUT2D eigenvalue weighted by Gasteiger charge is 2.39. The lowest BCUT2D eigenvalue weighted by atomic mass is 10.0. The van der Waals surface area contributed by atoms with Gasteiger partial charge in [-0.05, 0) is 65.1 Å². The minimum Gasteiger partial charge on any atom is -0.414 e. The number of ether oxygens (including phenoxy) is 4. The number of hydrogen-bond acceptors (Lipinski definition) is 5. The Bertz CT molecular complexity index is 541. The van der Waals surface area contributed by atoms with E-state index in [1.165, 1.54) is 32.1 Å². The SMILES string of the molecule is CCOC(C)OCCCCCCCCC(C/C=C\C1COC(C)(C)O1)O[Si](C)(C)C(C)(C)C. The van der Waals surface area contributed by atoms with Crippen molar-refractivity contribution < 1.29 is 23.4 Å². The van der Waals surface area contributed by atoms with Gasteiger partial charge in [0.05, 0.1) is 6.61 Å². The van der Waals surface area contributed by atoms with Gasteiger partial charge >= 0.3 is 0 Å². The molecular weight excluding hydrogens is 432 g/mol. The van der Waals surface area contributed by atoms with Gasteiger partial charge in [-0.15, -0.1) is 0 Å². The molecule has 1 rings (SSSR count). The van der Waals surface area contributed by atoms with Crippen molar-refractivity contribution in [3.05, 3.63) is 12.2 Å². The Morgan fingerprint density at radius 1 is 1.03 bits per heavy atom. The van der Waals surface area contributed by atoms with Crippen LogP contribution in [0.4, 0.5) is 0 Å². The maximum atomic E-state index is 6.80. The molecule has 0 saturated carbocycles. The summed E-state index contributed by atoms with van der Waals surface area (Å²) < 4.78 is 29.4. The predicted octanol–water partition coefficient (Wildman–Crippen LogP) is 7.60. The second-order valence-corrected chi connectivity index (χ2v) is 16.1. The highest BCUT2D eigenvalue weighted by molar-refractivity contribution is 6.74. The van der Waals surface area contributed by atoms with Crippen LogP contribution in [0.25, 0.3) is 0 Å². The lowest BCUT2D eigenvalue weighted by Gasteiger charge is -2.39. The zero-order valence-electron chi connectivity index (χ0n) is 23.2. The fourth-order valence-electron chi connectivity index (χ4n) is 3.72. The Morgan fingerprint density at radius 3 is 2.24 bits per heavy atom. The Morgan fingerprint density at radius 2 is 1.67 bits per heavy atom. The third-order valence-electron chi connectivity index (χ3n) is 6.72. The molecule has 0 aromatic carbocycles. The first-order valence-electron chi connectivity index (χ1n) is 13.3. The summed E-state index contributed by atoms with van der Waals surface area (Å²) in [6, 6.07) is 0. The molecule has 1 heterocycles. The van der Waals surface area contributed by atoms with Crippen molar-refractivity contribution in [1.82, 2.24) is 0 Å². The van der Waals surface area contributed by atoms with Crippen LogP contribution in [0, 0.1) is 0 Å². The quantitative estimate of drug-likeness (QED) is 0.0916. The van der Waals surface area contributed by atoms with Gasteiger partial charge in [0, 0.05) is 19.3 Å². The summed E-state index contributed by atoms with van der Waals surface area (Å²) in [6.07, 6.45) is 14.1. The minimum atomic E-state index is -1.79. The molecule has 0 bridgehead atoms. The van der Waals surface area contributed by atoms with E-state index >= 15 is 0 Å². The van der Waals surface area contributed by atoms with Gasteiger partial charge in [0.2, 0.25) is 0 Å². The van der Waals surface area contributed by atoms with E-state index in [4.69, 9.17) is 23.4 Å². The summed E-state index contributed by atoms with van der Waals surface area (Å²) in [5.74, 6) is -0.473. The summed E-state index contributed by atoms with van der Waals surface area (Å²) in [5.41, 5.74) is 0. The van der Waals surface area contributed by atoms with Gasteiger partial charge in [-0.25, -0.2) is 0 Å². The monoisotopic (exact) mass is 486 g/mol. The predicted molar refractivity (Wildman–Crippen MR) is 140 cm³/mol. The lowest BCUT2D eigenvalue weighted by Crippen LogP contribution is -2.43. The smallest absolute Gasteiger partial charge is 0.192 e. The molecule has 0 aliphatic carbocycles. The standard InChI is InChI=1S/C27H54O5Si/c1-10-28-23(2)29-21-16-14-12-11-13-15-18-24(32-33(8,9)26(3,4)5)19-17-20-25-22-30-27(6,7)31-25/h17,20,23-25H,10-16,18-19,21-22H2,1-9H3/b20-17-. The van der Waals surface area contributed by atoms with Crippen molar-refractivity contribution in [3.63, 3.8) is 0 Å². The molecule has 0 spiro atoms. The number of hydrogen-bond donors (Lipinski definition) is 0. The van der Waals surface area contributed by atoms with Gasteiger partial charge in [-0.1, -0.05) is 65.0 Å². The van der Waals surface area contributed by atoms with Crippen LogP contribution in [-0.4, -0.2) is 52.4 Å². The molecule has 0 aromatic heterocycles. The molecule has 3 unspecified atom stereocenters. The van der Waals surface area contributed by atoms with Gasteiger partial charge in [0.15, 0.2) is 20.4 Å². The van der Waals surface area contributed by atoms with Gasteiger partial charge in [0.1, 0.15) is 6.10 Å². The maximum Gasteiger partial charge on any atom is 0.192 e. The molecule has 0 radical (unpaired) electrons. The van der Waals surface area contributed by atoms with Crippen molar-refractivity contribution in [3.8, 4) is 0 Å². The number of unbranched alkanes of at least 4 members (excludes halogenated alkanes) is 5. The van der Waals surface area contributed by atoms with Crippen LogP contribution in [0.2, 0.25) is 18.1 Å². The van der Waals surface area contributed by atoms with E-state index in [0.717, 1.165) is 25.9 Å². The fourth-order valence-corrected chi connectivity index (χ4v) is 5.12. The molecule has 33 heavy (non-hydrogen) atoms. The van der Waals surface area contributed by atoms with Crippen LogP contribution in [0.5, 0.6) is 0 Å². The zero-order valence-corrected chi connectivity index (χ0v) is 24.2. The normalized spacial score (nSPS) is 21.1. The molecule has 0 amide bonds. The molecule has 5 nitrogen and oxygen atoms in total. The van der Waals surface area contributed by atoms with Crippen molar-refractivity contribution in [2.24, 2.45) is 0 Å². The van der Waals surface area contributed by atoms with Gasteiger partial charge in [0.25, 0.3) is 0 Å². The molecule has 1 fully saturated rings. The van der Waals surface area contributed by atoms with Crippen LogP contribution >= 0.6 is 0 Å². The van der Waals surface area contributed by atoms with Crippen molar-refractivity contribution >= 4 is 8.32 Å². The molecule has 0 aromatic rings. The average molecular weight is 487 g/mol. The van der Waals surface area contributed by atoms with Crippen LogP contribution in [0.3, 0.4) is 0 Å². The molecular formula is C27H54O5Si. The second-order valence-electron chi connectivity index (χ2n) is 11.3. The summed E-state index contributed by atoms with van der Waals surface area (Å²) in [4.78, 5) is 0. The van der Waals surface area contributed by atoms with E-state index in [9.17, 15) is 0 Å². The van der Waals surface area contributed by atoms with Gasteiger partial charge in [-0.2, -0.15) is 0 Å². The topological polar surface area (TPSA) is 46.2 Å². The van der Waals surface area contributed by atoms with E-state index in [1.54, 1.807) is 0 Å². The van der Waals surface area contributed by atoms with Crippen molar-refractivity contribution in [2.45, 2.75) is 142 Å². The first-order valence-corrected chi connectivity index (χ1v) is 16.2. The van der Waals surface area contributed by atoms with E-state index in [1.807, 2.05) is 27.7 Å². The van der Waals surface area contributed by atoms with Crippen LogP contribution in [-0.2, 0) is 23.4 Å². The zero-order chi connectivity index (χ0) is 25.0. The largest absolute Gasteiger partial charge is 0.414 e. The van der Waals surface area contributed by atoms with Crippen LogP contribution in [0.15, 0.2) is 12.2 Å². The van der Waals surface area contributed by atoms with E-state index in [-0.39, 0.29) is 23.5 Å². The lowest BCUT2D eigenvalue weighted by molar-refractivity contribution is -0.133. The molecule has 3 atom stereocenters. The molecule has 6 heteroatoms. The third-order valence-corrected chi connectivity index (χ3v) is 11.3. The first-order chi connectivity index (χ1) is 15.4. The van der Waals surface area contributed by atoms with E-state index in [0.29, 0.717) is 13.2 Å². The fraction of sp³-hybridized carbons (Fsp3) is 0.926. The maximum absolute atomic E-state index is 6.80. The second kappa shape index (κ2) is 15.0. The Labute approximate surface area is 206 Å². The molecule has 1 aliphatic rings. The van der Waals surface area contributed by atoms with Crippen molar-refractivity contribution in [2.75, 3.05) is 19.8 Å². The van der Waals surface area contributed by atoms with Gasteiger partial charge < -0.3 is 23.4 Å². The Hall–Kier alpha value is -0.243.